The van der Waals surface area contributed by atoms with E-state index in [4.69, 9.17) is 14.2 Å². The fourth-order valence-corrected chi connectivity index (χ4v) is 5.07. The number of hydrogen-bond acceptors (Lipinski definition) is 6. The van der Waals surface area contributed by atoms with E-state index in [1.165, 1.54) is 0 Å². The average Bonchev–Trinajstić information content (AvgIpc) is 2.67. The normalized spacial score (nSPS) is 31.4. The lowest BCUT2D eigenvalue weighted by molar-refractivity contribution is -0.487. The standard InChI is InChI=1S/C19H26N2O5/c1-24-17-7-4-5-14-15(13-21(22)23)16-6-2-3-8-19(16,26-18(14)17)20-9-11-25-12-10-20/h4-5,7,15-16H,2-3,6,8-13H2,1H3/t15-,16+,19+/m0/s1. The van der Waals surface area contributed by atoms with E-state index in [-0.39, 0.29) is 23.3 Å². The summed E-state index contributed by atoms with van der Waals surface area (Å²) >= 11 is 0. The van der Waals surface area contributed by atoms with Gasteiger partial charge in [-0.3, -0.25) is 15.0 Å². The second kappa shape index (κ2) is 7.04. The van der Waals surface area contributed by atoms with Crippen molar-refractivity contribution < 1.29 is 19.1 Å². The maximum absolute atomic E-state index is 11.5. The number of morpholine rings is 1. The van der Waals surface area contributed by atoms with Crippen LogP contribution in [0, 0.1) is 16.0 Å². The van der Waals surface area contributed by atoms with Crippen LogP contribution < -0.4 is 9.47 Å². The van der Waals surface area contributed by atoms with Crippen molar-refractivity contribution in [3.05, 3.63) is 33.9 Å². The van der Waals surface area contributed by atoms with Gasteiger partial charge in [-0.15, -0.1) is 0 Å². The van der Waals surface area contributed by atoms with E-state index < -0.39 is 5.72 Å². The largest absolute Gasteiger partial charge is 0.493 e. The van der Waals surface area contributed by atoms with Crippen molar-refractivity contribution in [1.82, 2.24) is 4.90 Å². The van der Waals surface area contributed by atoms with Gasteiger partial charge in [0.1, 0.15) is 0 Å². The number of para-hydroxylation sites is 1. The molecule has 0 aromatic heterocycles. The quantitative estimate of drug-likeness (QED) is 0.606. The highest BCUT2D eigenvalue weighted by Gasteiger charge is 2.56. The summed E-state index contributed by atoms with van der Waals surface area (Å²) in [5.74, 6) is 1.30. The average molecular weight is 362 g/mol. The first-order chi connectivity index (χ1) is 12.7. The van der Waals surface area contributed by atoms with Crippen LogP contribution in [0.3, 0.4) is 0 Å². The topological polar surface area (TPSA) is 74.1 Å². The molecule has 7 nitrogen and oxygen atoms in total. The second-order valence-corrected chi connectivity index (χ2v) is 7.40. The Morgan fingerprint density at radius 1 is 1.35 bits per heavy atom. The van der Waals surface area contributed by atoms with E-state index in [9.17, 15) is 10.1 Å². The van der Waals surface area contributed by atoms with Gasteiger partial charge in [0.2, 0.25) is 6.54 Å². The molecule has 2 fully saturated rings. The Kier molecular flexibility index (Phi) is 4.75. The minimum absolute atomic E-state index is 0.0692. The lowest BCUT2D eigenvalue weighted by Gasteiger charge is -2.56. The van der Waals surface area contributed by atoms with Crippen molar-refractivity contribution in [1.29, 1.82) is 0 Å². The van der Waals surface area contributed by atoms with Crippen LogP contribution in [-0.4, -0.2) is 55.5 Å². The molecule has 3 atom stereocenters. The Hall–Kier alpha value is -1.86. The number of methoxy groups -OCH3 is 1. The van der Waals surface area contributed by atoms with Gasteiger partial charge in [0, 0.05) is 35.9 Å². The predicted molar refractivity (Wildman–Crippen MR) is 95.3 cm³/mol. The van der Waals surface area contributed by atoms with Crippen molar-refractivity contribution in [2.45, 2.75) is 37.3 Å². The summed E-state index contributed by atoms with van der Waals surface area (Å²) in [5, 5.41) is 11.5. The van der Waals surface area contributed by atoms with Crippen LogP contribution in [0.25, 0.3) is 0 Å². The fraction of sp³-hybridized carbons (Fsp3) is 0.684. The molecular formula is C19H26N2O5. The van der Waals surface area contributed by atoms with Crippen LogP contribution in [-0.2, 0) is 4.74 Å². The van der Waals surface area contributed by atoms with Gasteiger partial charge < -0.3 is 14.2 Å². The van der Waals surface area contributed by atoms with Crippen LogP contribution >= 0.6 is 0 Å². The molecule has 0 radical (unpaired) electrons. The summed E-state index contributed by atoms with van der Waals surface area (Å²) < 4.78 is 17.8. The molecule has 2 aliphatic heterocycles. The van der Waals surface area contributed by atoms with Gasteiger partial charge in [0.25, 0.3) is 0 Å². The molecule has 0 spiro atoms. The Morgan fingerprint density at radius 3 is 2.88 bits per heavy atom. The number of nitro groups is 1. The number of nitrogens with zero attached hydrogens (tertiary/aromatic N) is 2. The van der Waals surface area contributed by atoms with Gasteiger partial charge in [-0.25, -0.2) is 0 Å². The summed E-state index contributed by atoms with van der Waals surface area (Å²) in [4.78, 5) is 13.7. The SMILES string of the molecule is COc1cccc2c1O[C@]1(N3CCOCC3)CCCC[C@@H]1[C@H]2C[N+](=O)[O-]. The number of rotatable bonds is 4. The first kappa shape index (κ1) is 17.5. The molecule has 1 saturated carbocycles. The summed E-state index contributed by atoms with van der Waals surface area (Å²) in [6.45, 7) is 2.88. The lowest BCUT2D eigenvalue weighted by Crippen LogP contribution is -2.65. The maximum atomic E-state index is 11.5. The molecule has 0 N–H and O–H groups in total. The van der Waals surface area contributed by atoms with Crippen molar-refractivity contribution in [2.24, 2.45) is 5.92 Å². The van der Waals surface area contributed by atoms with Gasteiger partial charge in [0.05, 0.1) is 26.2 Å². The van der Waals surface area contributed by atoms with Crippen LogP contribution in [0.15, 0.2) is 18.2 Å². The van der Waals surface area contributed by atoms with Crippen LogP contribution in [0.2, 0.25) is 0 Å². The number of ether oxygens (including phenoxy) is 3. The van der Waals surface area contributed by atoms with Crippen molar-refractivity contribution in [2.75, 3.05) is 40.0 Å². The zero-order chi connectivity index (χ0) is 18.1. The molecule has 0 unspecified atom stereocenters. The molecule has 3 aliphatic rings. The molecular weight excluding hydrogens is 336 g/mol. The Bertz CT molecular complexity index is 676. The molecule has 0 bridgehead atoms. The molecule has 1 saturated heterocycles. The smallest absolute Gasteiger partial charge is 0.211 e. The number of benzene rings is 1. The van der Waals surface area contributed by atoms with Gasteiger partial charge in [-0.2, -0.15) is 0 Å². The van der Waals surface area contributed by atoms with Crippen LogP contribution in [0.5, 0.6) is 11.5 Å². The third-order valence-electron chi connectivity index (χ3n) is 6.16. The summed E-state index contributed by atoms with van der Waals surface area (Å²) in [6.07, 6.45) is 4.01. The van der Waals surface area contributed by atoms with E-state index in [0.29, 0.717) is 24.7 Å². The molecule has 1 aromatic carbocycles. The maximum Gasteiger partial charge on any atom is 0.211 e. The van der Waals surface area contributed by atoms with E-state index in [1.54, 1.807) is 7.11 Å². The third kappa shape index (κ3) is 2.83. The van der Waals surface area contributed by atoms with Gasteiger partial charge in [-0.05, 0) is 18.9 Å². The zero-order valence-corrected chi connectivity index (χ0v) is 15.2. The fourth-order valence-electron chi connectivity index (χ4n) is 5.07. The minimum Gasteiger partial charge on any atom is -0.493 e. The van der Waals surface area contributed by atoms with Crippen molar-refractivity contribution in [3.63, 3.8) is 0 Å². The summed E-state index contributed by atoms with van der Waals surface area (Å²) in [7, 11) is 1.62. The Balaban J connectivity index is 1.83. The molecule has 7 heteroatoms. The molecule has 1 aromatic rings. The highest BCUT2D eigenvalue weighted by Crippen LogP contribution is 2.55. The van der Waals surface area contributed by atoms with E-state index in [2.05, 4.69) is 4.90 Å². The van der Waals surface area contributed by atoms with E-state index in [0.717, 1.165) is 44.3 Å². The first-order valence-corrected chi connectivity index (χ1v) is 9.46. The zero-order valence-electron chi connectivity index (χ0n) is 15.2. The molecule has 1 aliphatic carbocycles. The van der Waals surface area contributed by atoms with Gasteiger partial charge in [-0.1, -0.05) is 18.6 Å². The third-order valence-corrected chi connectivity index (χ3v) is 6.16. The predicted octanol–water partition coefficient (Wildman–Crippen LogP) is 2.67. The van der Waals surface area contributed by atoms with Crippen LogP contribution in [0.4, 0.5) is 0 Å². The Labute approximate surface area is 153 Å². The molecule has 26 heavy (non-hydrogen) atoms. The summed E-state index contributed by atoms with van der Waals surface area (Å²) in [5.41, 5.74) is 0.418. The summed E-state index contributed by atoms with van der Waals surface area (Å²) in [6, 6.07) is 5.74. The van der Waals surface area contributed by atoms with E-state index >= 15 is 0 Å². The molecule has 4 rings (SSSR count). The minimum atomic E-state index is -0.496. The highest BCUT2D eigenvalue weighted by atomic mass is 16.6. The van der Waals surface area contributed by atoms with Crippen molar-refractivity contribution in [3.8, 4) is 11.5 Å². The highest BCUT2D eigenvalue weighted by molar-refractivity contribution is 5.51. The van der Waals surface area contributed by atoms with Gasteiger partial charge >= 0.3 is 0 Å². The molecule has 2 heterocycles. The molecule has 0 amide bonds. The monoisotopic (exact) mass is 362 g/mol. The van der Waals surface area contributed by atoms with Gasteiger partial charge in [0.15, 0.2) is 17.2 Å². The van der Waals surface area contributed by atoms with Crippen molar-refractivity contribution >= 4 is 0 Å². The molecule has 142 valence electrons. The van der Waals surface area contributed by atoms with E-state index in [1.807, 2.05) is 18.2 Å². The Morgan fingerprint density at radius 2 is 2.15 bits per heavy atom. The first-order valence-electron chi connectivity index (χ1n) is 9.46. The van der Waals surface area contributed by atoms with Crippen LogP contribution in [0.1, 0.15) is 37.2 Å². The number of fused-ring (bicyclic) bond motifs is 2. The number of hydrogen-bond donors (Lipinski definition) is 0. The lowest BCUT2D eigenvalue weighted by atomic mass is 9.68. The second-order valence-electron chi connectivity index (χ2n) is 7.40.